The maximum Gasteiger partial charge on any atom is 0.134 e. The van der Waals surface area contributed by atoms with Crippen LogP contribution in [0.3, 0.4) is 0 Å². The average molecular weight is 337 g/mol. The molecule has 1 aromatic rings. The predicted molar refractivity (Wildman–Crippen MR) is 93.5 cm³/mol. The van der Waals surface area contributed by atoms with E-state index in [2.05, 4.69) is 30.7 Å². The molecular weight excluding hydrogens is 309 g/mol. The summed E-state index contributed by atoms with van der Waals surface area (Å²) in [5.74, 6) is 2.01. The van der Waals surface area contributed by atoms with Gasteiger partial charge in [-0.15, -0.1) is 0 Å². The lowest BCUT2D eigenvalue weighted by Gasteiger charge is -2.36. The first-order valence-electron chi connectivity index (χ1n) is 9.05. The zero-order valence-corrected chi connectivity index (χ0v) is 14.4. The molecule has 1 aromatic heterocycles. The van der Waals surface area contributed by atoms with Gasteiger partial charge in [-0.2, -0.15) is 0 Å². The molecule has 2 aliphatic rings. The summed E-state index contributed by atoms with van der Waals surface area (Å²) in [6.45, 7) is 8.28. The first-order valence-corrected chi connectivity index (χ1v) is 9.05. The van der Waals surface area contributed by atoms with Gasteiger partial charge in [-0.1, -0.05) is 0 Å². The quantitative estimate of drug-likeness (QED) is 0.704. The van der Waals surface area contributed by atoms with Crippen molar-refractivity contribution in [2.75, 3.05) is 75.5 Å². The topological polar surface area (TPSA) is 44.7 Å². The Bertz CT molecular complexity index is 490. The standard InChI is InChI=1S/C17H28FN5O/c18-4-2-1-3-5-21-6-8-22(9-7-21)16-14-17(20-15-19-16)23-10-12-24-13-11-23/h14-15H,1-13H2. The minimum absolute atomic E-state index is 0.188. The highest BCUT2D eigenvalue weighted by atomic mass is 19.1. The van der Waals surface area contributed by atoms with Gasteiger partial charge in [0.1, 0.15) is 18.0 Å². The fourth-order valence-electron chi connectivity index (χ4n) is 3.28. The number of anilines is 2. The van der Waals surface area contributed by atoms with E-state index in [-0.39, 0.29) is 6.67 Å². The second-order valence-electron chi connectivity index (χ2n) is 6.41. The van der Waals surface area contributed by atoms with Crippen LogP contribution in [0.15, 0.2) is 12.4 Å². The minimum Gasteiger partial charge on any atom is -0.378 e. The van der Waals surface area contributed by atoms with E-state index in [1.165, 1.54) is 0 Å². The highest BCUT2D eigenvalue weighted by molar-refractivity contribution is 5.50. The van der Waals surface area contributed by atoms with Crippen molar-refractivity contribution >= 4 is 11.6 Å². The first-order chi connectivity index (χ1) is 11.9. The van der Waals surface area contributed by atoms with Gasteiger partial charge in [-0.05, 0) is 25.8 Å². The summed E-state index contributed by atoms with van der Waals surface area (Å²) in [6.07, 6.45) is 4.46. The third-order valence-electron chi connectivity index (χ3n) is 4.78. The molecule has 134 valence electrons. The first kappa shape index (κ1) is 17.4. The third-order valence-corrected chi connectivity index (χ3v) is 4.78. The molecule has 2 fully saturated rings. The van der Waals surface area contributed by atoms with E-state index < -0.39 is 0 Å². The average Bonchev–Trinajstić information content (AvgIpc) is 2.67. The van der Waals surface area contributed by atoms with Crippen LogP contribution in [-0.4, -0.2) is 80.6 Å². The van der Waals surface area contributed by atoms with Gasteiger partial charge in [0.05, 0.1) is 19.9 Å². The van der Waals surface area contributed by atoms with Gasteiger partial charge < -0.3 is 14.5 Å². The molecule has 24 heavy (non-hydrogen) atoms. The van der Waals surface area contributed by atoms with Crippen LogP contribution in [0.4, 0.5) is 16.0 Å². The van der Waals surface area contributed by atoms with Crippen molar-refractivity contribution in [1.29, 1.82) is 0 Å². The van der Waals surface area contributed by atoms with Crippen molar-refractivity contribution in [1.82, 2.24) is 14.9 Å². The van der Waals surface area contributed by atoms with Gasteiger partial charge in [-0.25, -0.2) is 9.97 Å². The largest absolute Gasteiger partial charge is 0.378 e. The Labute approximate surface area is 143 Å². The molecule has 0 radical (unpaired) electrons. The van der Waals surface area contributed by atoms with E-state index in [9.17, 15) is 4.39 Å². The maximum absolute atomic E-state index is 12.1. The molecule has 0 spiro atoms. The summed E-state index contributed by atoms with van der Waals surface area (Å²) in [4.78, 5) is 16.0. The molecule has 0 bridgehead atoms. The molecule has 7 heteroatoms. The molecule has 2 saturated heterocycles. The van der Waals surface area contributed by atoms with E-state index in [1.54, 1.807) is 6.33 Å². The maximum atomic E-state index is 12.1. The zero-order valence-electron chi connectivity index (χ0n) is 14.4. The van der Waals surface area contributed by atoms with Gasteiger partial charge in [0, 0.05) is 45.3 Å². The van der Waals surface area contributed by atoms with Gasteiger partial charge in [0.2, 0.25) is 0 Å². The number of halogens is 1. The van der Waals surface area contributed by atoms with Crippen molar-refractivity contribution in [2.45, 2.75) is 19.3 Å². The molecule has 6 nitrogen and oxygen atoms in total. The SMILES string of the molecule is FCCCCCN1CCN(c2cc(N3CCOCC3)ncn2)CC1. The fourth-order valence-corrected chi connectivity index (χ4v) is 3.28. The highest BCUT2D eigenvalue weighted by Gasteiger charge is 2.19. The van der Waals surface area contributed by atoms with Crippen molar-refractivity contribution in [3.63, 3.8) is 0 Å². The molecule has 2 aliphatic heterocycles. The van der Waals surface area contributed by atoms with Crippen molar-refractivity contribution in [3.05, 3.63) is 12.4 Å². The Hall–Kier alpha value is -1.47. The molecule has 0 amide bonds. The number of nitrogens with zero attached hydrogens (tertiary/aromatic N) is 5. The number of hydrogen-bond acceptors (Lipinski definition) is 6. The molecule has 0 aromatic carbocycles. The Morgan fingerprint density at radius 1 is 0.875 bits per heavy atom. The molecule has 0 aliphatic carbocycles. The van der Waals surface area contributed by atoms with Crippen LogP contribution in [0.1, 0.15) is 19.3 Å². The van der Waals surface area contributed by atoms with Crippen molar-refractivity contribution < 1.29 is 9.13 Å². The lowest BCUT2D eigenvalue weighted by molar-refractivity contribution is 0.122. The number of aromatic nitrogens is 2. The van der Waals surface area contributed by atoms with Gasteiger partial charge >= 0.3 is 0 Å². The smallest absolute Gasteiger partial charge is 0.134 e. The molecule has 0 N–H and O–H groups in total. The van der Waals surface area contributed by atoms with Crippen LogP contribution < -0.4 is 9.80 Å². The molecule has 3 rings (SSSR count). The zero-order chi connectivity index (χ0) is 16.6. The number of ether oxygens (including phenoxy) is 1. The monoisotopic (exact) mass is 337 g/mol. The van der Waals surface area contributed by atoms with Crippen LogP contribution in [-0.2, 0) is 4.74 Å². The number of morpholine rings is 1. The highest BCUT2D eigenvalue weighted by Crippen LogP contribution is 2.20. The molecule has 3 heterocycles. The number of piperazine rings is 1. The predicted octanol–water partition coefficient (Wildman–Crippen LogP) is 1.57. The van der Waals surface area contributed by atoms with Crippen LogP contribution in [0.2, 0.25) is 0 Å². The number of hydrogen-bond donors (Lipinski definition) is 0. The van der Waals surface area contributed by atoms with Gasteiger partial charge in [-0.3, -0.25) is 9.29 Å². The lowest BCUT2D eigenvalue weighted by Crippen LogP contribution is -2.47. The molecule has 0 saturated carbocycles. The summed E-state index contributed by atoms with van der Waals surface area (Å²) in [7, 11) is 0. The molecule has 0 atom stereocenters. The van der Waals surface area contributed by atoms with E-state index in [4.69, 9.17) is 4.74 Å². The van der Waals surface area contributed by atoms with Crippen LogP contribution in [0.25, 0.3) is 0 Å². The van der Waals surface area contributed by atoms with Crippen LogP contribution in [0, 0.1) is 0 Å². The normalized spacial score (nSPS) is 19.7. The lowest BCUT2D eigenvalue weighted by atomic mass is 10.2. The van der Waals surface area contributed by atoms with Crippen LogP contribution >= 0.6 is 0 Å². The summed E-state index contributed by atoms with van der Waals surface area (Å²) in [6, 6.07) is 2.10. The number of unbranched alkanes of at least 4 members (excludes halogenated alkanes) is 2. The summed E-state index contributed by atoms with van der Waals surface area (Å²) in [5.41, 5.74) is 0. The van der Waals surface area contributed by atoms with E-state index in [0.717, 1.165) is 83.5 Å². The fraction of sp³-hybridized carbons (Fsp3) is 0.765. The van der Waals surface area contributed by atoms with E-state index in [0.29, 0.717) is 6.42 Å². The second kappa shape index (κ2) is 9.13. The number of alkyl halides is 1. The second-order valence-corrected chi connectivity index (χ2v) is 6.41. The number of rotatable bonds is 7. The van der Waals surface area contributed by atoms with E-state index in [1.807, 2.05) is 0 Å². The van der Waals surface area contributed by atoms with E-state index >= 15 is 0 Å². The van der Waals surface area contributed by atoms with Crippen molar-refractivity contribution in [2.24, 2.45) is 0 Å². The minimum atomic E-state index is -0.188. The molecular formula is C17H28FN5O. The van der Waals surface area contributed by atoms with Gasteiger partial charge in [0.15, 0.2) is 0 Å². The Morgan fingerprint density at radius 3 is 2.21 bits per heavy atom. The van der Waals surface area contributed by atoms with Crippen molar-refractivity contribution in [3.8, 4) is 0 Å². The molecule has 0 unspecified atom stereocenters. The summed E-state index contributed by atoms with van der Waals surface area (Å²) in [5, 5.41) is 0. The summed E-state index contributed by atoms with van der Waals surface area (Å²) >= 11 is 0. The summed E-state index contributed by atoms with van der Waals surface area (Å²) < 4.78 is 17.5. The Balaban J connectivity index is 1.49. The third kappa shape index (κ3) is 4.77. The Morgan fingerprint density at radius 2 is 1.54 bits per heavy atom. The Kier molecular flexibility index (Phi) is 6.60. The van der Waals surface area contributed by atoms with Crippen LogP contribution in [0.5, 0.6) is 0 Å². The van der Waals surface area contributed by atoms with Gasteiger partial charge in [0.25, 0.3) is 0 Å².